The van der Waals surface area contributed by atoms with Crippen molar-refractivity contribution < 1.29 is 22.8 Å². The molecule has 2 aromatic carbocycles. The van der Waals surface area contributed by atoms with E-state index in [4.69, 9.17) is 23.2 Å². The Labute approximate surface area is 213 Å². The van der Waals surface area contributed by atoms with Crippen molar-refractivity contribution in [3.63, 3.8) is 0 Å². The van der Waals surface area contributed by atoms with E-state index in [1.54, 1.807) is 17.6 Å². The number of alkyl halides is 3. The Balaban J connectivity index is 1.64. The van der Waals surface area contributed by atoms with Gasteiger partial charge in [0.1, 0.15) is 0 Å². The lowest BCUT2D eigenvalue weighted by Gasteiger charge is -2.15. The number of halogens is 5. The number of carbonyl (C=O) groups excluding carboxylic acids is 2. The molecule has 0 fully saturated rings. The van der Waals surface area contributed by atoms with Gasteiger partial charge in [-0.25, -0.2) is 0 Å². The number of nitrogens with one attached hydrogen (secondary N) is 2. The molecule has 35 heavy (non-hydrogen) atoms. The van der Waals surface area contributed by atoms with Crippen LogP contribution in [0.25, 0.3) is 0 Å². The molecule has 2 amide bonds. The number of rotatable bonds is 8. The Bertz CT molecular complexity index is 1240. The largest absolute Gasteiger partial charge is 0.416 e. The van der Waals surface area contributed by atoms with E-state index in [1.807, 2.05) is 6.92 Å². The lowest BCUT2D eigenvalue weighted by molar-refractivity contribution is -0.137. The number of nitrogens with zero attached hydrogens (tertiary/aromatic N) is 3. The van der Waals surface area contributed by atoms with Crippen LogP contribution in [0.3, 0.4) is 0 Å². The quantitative estimate of drug-likeness (QED) is 0.347. The smallest absolute Gasteiger partial charge is 0.342 e. The summed E-state index contributed by atoms with van der Waals surface area (Å²) in [6, 6.07) is 8.40. The molecule has 1 atom stereocenters. The van der Waals surface area contributed by atoms with Crippen LogP contribution in [0.5, 0.6) is 0 Å². The Morgan fingerprint density at radius 2 is 1.89 bits per heavy atom. The van der Waals surface area contributed by atoms with Gasteiger partial charge in [-0.05, 0) is 50.2 Å². The molecule has 2 N–H and O–H groups in total. The van der Waals surface area contributed by atoms with Crippen molar-refractivity contribution >= 4 is 52.5 Å². The van der Waals surface area contributed by atoms with E-state index in [0.29, 0.717) is 22.5 Å². The summed E-state index contributed by atoms with van der Waals surface area (Å²) in [6.45, 7) is 4.04. The lowest BCUT2D eigenvalue weighted by atomic mass is 10.2. The van der Waals surface area contributed by atoms with Gasteiger partial charge < -0.3 is 15.2 Å². The lowest BCUT2D eigenvalue weighted by Crippen LogP contribution is -2.29. The minimum Gasteiger partial charge on any atom is -0.342 e. The van der Waals surface area contributed by atoms with Gasteiger partial charge in [0.15, 0.2) is 11.0 Å². The molecule has 3 rings (SSSR count). The molecule has 3 aromatic rings. The molecule has 0 aliphatic rings. The Kier molecular flexibility index (Phi) is 8.68. The highest BCUT2D eigenvalue weighted by molar-refractivity contribution is 7.99. The molecule has 7 nitrogen and oxygen atoms in total. The highest BCUT2D eigenvalue weighted by Gasteiger charge is 2.30. The maximum absolute atomic E-state index is 12.9. The van der Waals surface area contributed by atoms with Gasteiger partial charge in [0, 0.05) is 17.3 Å². The second-order valence-electron chi connectivity index (χ2n) is 7.32. The van der Waals surface area contributed by atoms with Crippen molar-refractivity contribution in [3.05, 3.63) is 69.5 Å². The van der Waals surface area contributed by atoms with Crippen LogP contribution in [0.15, 0.2) is 47.6 Å². The molecule has 186 valence electrons. The molecule has 0 radical (unpaired) electrons. The summed E-state index contributed by atoms with van der Waals surface area (Å²) in [5.41, 5.74) is -0.555. The number of anilines is 1. The van der Waals surface area contributed by atoms with Gasteiger partial charge in [-0.15, -0.1) is 10.2 Å². The van der Waals surface area contributed by atoms with Gasteiger partial charge in [0.2, 0.25) is 5.91 Å². The van der Waals surface area contributed by atoms with Crippen LogP contribution in [-0.4, -0.2) is 32.3 Å². The fraction of sp³-hybridized carbons (Fsp3) is 0.273. The van der Waals surface area contributed by atoms with Crippen molar-refractivity contribution in [2.24, 2.45) is 0 Å². The van der Waals surface area contributed by atoms with E-state index in [0.717, 1.165) is 23.9 Å². The molecule has 13 heteroatoms. The van der Waals surface area contributed by atoms with Crippen molar-refractivity contribution in [2.45, 2.75) is 37.8 Å². The second-order valence-corrected chi connectivity index (χ2v) is 9.11. The highest BCUT2D eigenvalue weighted by Crippen LogP contribution is 2.31. The molecule has 0 saturated carbocycles. The zero-order valence-corrected chi connectivity index (χ0v) is 20.8. The number of amides is 2. The third-order valence-electron chi connectivity index (χ3n) is 4.78. The first-order chi connectivity index (χ1) is 16.5. The van der Waals surface area contributed by atoms with E-state index in [2.05, 4.69) is 20.8 Å². The Hall–Kier alpha value is -2.76. The molecule has 0 unspecified atom stereocenters. The molecule has 1 aromatic heterocycles. The first-order valence-electron chi connectivity index (χ1n) is 10.3. The number of carbonyl (C=O) groups is 2. The first kappa shape index (κ1) is 26.8. The summed E-state index contributed by atoms with van der Waals surface area (Å²) in [5, 5.41) is 14.5. The molecule has 0 saturated heterocycles. The number of hydrogen-bond donors (Lipinski definition) is 2. The maximum atomic E-state index is 12.9. The van der Waals surface area contributed by atoms with Crippen LogP contribution in [0, 0.1) is 0 Å². The van der Waals surface area contributed by atoms with Crippen LogP contribution in [-0.2, 0) is 17.5 Å². The fourth-order valence-corrected chi connectivity index (χ4v) is 4.44. The minimum atomic E-state index is -4.51. The van der Waals surface area contributed by atoms with Gasteiger partial charge in [-0.2, -0.15) is 13.2 Å². The second kappa shape index (κ2) is 11.3. The Morgan fingerprint density at radius 3 is 2.54 bits per heavy atom. The number of hydrogen-bond acceptors (Lipinski definition) is 5. The zero-order chi connectivity index (χ0) is 25.8. The van der Waals surface area contributed by atoms with Crippen LogP contribution in [0.4, 0.5) is 18.9 Å². The third kappa shape index (κ3) is 6.89. The molecule has 0 aliphatic heterocycles. The van der Waals surface area contributed by atoms with E-state index < -0.39 is 29.6 Å². The fourth-order valence-electron chi connectivity index (χ4n) is 3.14. The molecular weight excluding hydrogens is 526 g/mol. The zero-order valence-electron chi connectivity index (χ0n) is 18.5. The van der Waals surface area contributed by atoms with Crippen LogP contribution in [0.1, 0.15) is 41.6 Å². The van der Waals surface area contributed by atoms with Crippen LogP contribution >= 0.6 is 35.0 Å². The van der Waals surface area contributed by atoms with Crippen LogP contribution < -0.4 is 10.6 Å². The standard InChI is InChI=1S/C22H20Cl2F3N5O2S/c1-3-32-19(12(2)28-20(34)16-8-7-14(23)10-17(16)24)30-31-21(32)35-11-18(33)29-15-6-4-5-13(9-15)22(25,26)27/h4-10,12H,3,11H2,1-2H3,(H,28,34)(H,29,33)/t12-/m1/s1. The summed E-state index contributed by atoms with van der Waals surface area (Å²) in [4.78, 5) is 24.9. The summed E-state index contributed by atoms with van der Waals surface area (Å²) in [6.07, 6.45) is -4.51. The van der Waals surface area contributed by atoms with Crippen molar-refractivity contribution in [1.29, 1.82) is 0 Å². The summed E-state index contributed by atoms with van der Waals surface area (Å²) in [7, 11) is 0. The first-order valence-corrected chi connectivity index (χ1v) is 12.0. The van der Waals surface area contributed by atoms with Crippen molar-refractivity contribution in [2.75, 3.05) is 11.1 Å². The van der Waals surface area contributed by atoms with E-state index in [-0.39, 0.29) is 22.0 Å². The average molecular weight is 546 g/mol. The predicted octanol–water partition coefficient (Wildman–Crippen LogP) is 5.85. The minimum absolute atomic E-state index is 0.0419. The van der Waals surface area contributed by atoms with Gasteiger partial charge in [0.25, 0.3) is 5.91 Å². The molecule has 0 bridgehead atoms. The van der Waals surface area contributed by atoms with Gasteiger partial charge in [-0.3, -0.25) is 9.59 Å². The molecule has 0 spiro atoms. The molecule has 0 aliphatic carbocycles. The number of thioether (sulfide) groups is 1. The topological polar surface area (TPSA) is 88.9 Å². The monoisotopic (exact) mass is 545 g/mol. The third-order valence-corrected chi connectivity index (χ3v) is 6.29. The van der Waals surface area contributed by atoms with Gasteiger partial charge >= 0.3 is 6.18 Å². The average Bonchev–Trinajstić information content (AvgIpc) is 3.20. The van der Waals surface area contributed by atoms with E-state index in [1.165, 1.54) is 24.3 Å². The Morgan fingerprint density at radius 1 is 1.14 bits per heavy atom. The number of benzene rings is 2. The van der Waals surface area contributed by atoms with Crippen molar-refractivity contribution in [3.8, 4) is 0 Å². The SMILES string of the molecule is CCn1c(SCC(=O)Nc2cccc(C(F)(F)F)c2)nnc1[C@@H](C)NC(=O)c1ccc(Cl)cc1Cl. The normalized spacial score (nSPS) is 12.3. The summed E-state index contributed by atoms with van der Waals surface area (Å²) < 4.78 is 40.3. The summed E-state index contributed by atoms with van der Waals surface area (Å²) in [5.74, 6) is -0.554. The van der Waals surface area contributed by atoms with Gasteiger partial charge in [-0.1, -0.05) is 41.0 Å². The van der Waals surface area contributed by atoms with Crippen molar-refractivity contribution in [1.82, 2.24) is 20.1 Å². The predicted molar refractivity (Wildman–Crippen MR) is 129 cm³/mol. The summed E-state index contributed by atoms with van der Waals surface area (Å²) >= 11 is 13.0. The van der Waals surface area contributed by atoms with E-state index in [9.17, 15) is 22.8 Å². The number of aromatic nitrogens is 3. The molecule has 1 heterocycles. The highest BCUT2D eigenvalue weighted by atomic mass is 35.5. The van der Waals surface area contributed by atoms with Crippen LogP contribution in [0.2, 0.25) is 10.0 Å². The van der Waals surface area contributed by atoms with E-state index >= 15 is 0 Å². The molecular formula is C22H20Cl2F3N5O2S. The maximum Gasteiger partial charge on any atom is 0.416 e. The van der Waals surface area contributed by atoms with Gasteiger partial charge in [0.05, 0.1) is 27.9 Å².